The zero-order chi connectivity index (χ0) is 13.1. The first-order valence-corrected chi connectivity index (χ1v) is 6.02. The van der Waals surface area contributed by atoms with Gasteiger partial charge in [0.2, 0.25) is 5.88 Å². The number of aromatic nitrogens is 1. The summed E-state index contributed by atoms with van der Waals surface area (Å²) in [5.41, 5.74) is 1.68. The van der Waals surface area contributed by atoms with Crippen molar-refractivity contribution in [1.82, 2.24) is 4.98 Å². The molecule has 0 fully saturated rings. The molecule has 18 heavy (non-hydrogen) atoms. The third-order valence-corrected chi connectivity index (χ3v) is 2.86. The Hall–Kier alpha value is -1.58. The van der Waals surface area contributed by atoms with E-state index in [4.69, 9.17) is 16.3 Å². The van der Waals surface area contributed by atoms with Gasteiger partial charge in [-0.15, -0.1) is 0 Å². The molecular weight excluding hydrogens is 250 g/mol. The topological polar surface area (TPSA) is 42.4 Å². The van der Waals surface area contributed by atoms with Crippen LogP contribution in [0.5, 0.6) is 11.6 Å². The van der Waals surface area contributed by atoms with E-state index in [1.54, 1.807) is 31.3 Å². The average molecular weight is 264 g/mol. The van der Waals surface area contributed by atoms with Crippen LogP contribution in [0.1, 0.15) is 24.2 Å². The van der Waals surface area contributed by atoms with Crippen molar-refractivity contribution >= 4 is 11.6 Å². The first-order chi connectivity index (χ1) is 8.58. The molecule has 2 rings (SSSR count). The van der Waals surface area contributed by atoms with Crippen LogP contribution in [0.4, 0.5) is 0 Å². The van der Waals surface area contributed by atoms with Crippen LogP contribution in [-0.2, 0) is 0 Å². The molecule has 0 aliphatic rings. The Labute approximate surface area is 111 Å². The lowest BCUT2D eigenvalue weighted by atomic mass is 10.2. The molecule has 0 saturated carbocycles. The third-order valence-electron chi connectivity index (χ3n) is 2.54. The van der Waals surface area contributed by atoms with Gasteiger partial charge in [0, 0.05) is 11.8 Å². The van der Waals surface area contributed by atoms with Gasteiger partial charge in [-0.25, -0.2) is 4.98 Å². The first kappa shape index (κ1) is 12.9. The van der Waals surface area contributed by atoms with Crippen molar-refractivity contribution in [2.24, 2.45) is 0 Å². The predicted molar refractivity (Wildman–Crippen MR) is 71.1 cm³/mol. The van der Waals surface area contributed by atoms with Crippen molar-refractivity contribution in [1.29, 1.82) is 0 Å². The number of hydrogen-bond acceptors (Lipinski definition) is 3. The lowest BCUT2D eigenvalue weighted by Gasteiger charge is -2.12. The third kappa shape index (κ3) is 2.81. The Morgan fingerprint density at radius 3 is 2.83 bits per heavy atom. The summed E-state index contributed by atoms with van der Waals surface area (Å²) in [6.45, 7) is 3.62. The summed E-state index contributed by atoms with van der Waals surface area (Å²) in [6, 6.07) is 9.05. The highest BCUT2D eigenvalue weighted by atomic mass is 35.5. The number of pyridine rings is 1. The molecule has 0 bridgehead atoms. The Bertz CT molecular complexity index is 555. The molecule has 0 aliphatic carbocycles. The lowest BCUT2D eigenvalue weighted by molar-refractivity contribution is 0.194. The Kier molecular flexibility index (Phi) is 3.84. The standard InChI is InChI=1S/C14H14ClNO2/c1-9-5-6-12(15)13(8-9)18-14-11(10(2)17)4-3-7-16-14/h3-8,10,17H,1-2H3/t10-/m1/s1. The number of aliphatic hydroxyl groups excluding tert-OH is 1. The minimum atomic E-state index is -0.641. The van der Waals surface area contributed by atoms with E-state index in [-0.39, 0.29) is 0 Å². The van der Waals surface area contributed by atoms with E-state index in [9.17, 15) is 5.11 Å². The Morgan fingerprint density at radius 1 is 1.33 bits per heavy atom. The summed E-state index contributed by atoms with van der Waals surface area (Å²) in [4.78, 5) is 4.13. The summed E-state index contributed by atoms with van der Waals surface area (Å²) in [5.74, 6) is 0.914. The number of halogens is 1. The van der Waals surface area contributed by atoms with Crippen LogP contribution in [0.25, 0.3) is 0 Å². The molecule has 1 aromatic heterocycles. The van der Waals surface area contributed by atoms with Crippen LogP contribution in [0.2, 0.25) is 5.02 Å². The second-order valence-electron chi connectivity index (χ2n) is 4.11. The van der Waals surface area contributed by atoms with Gasteiger partial charge in [-0.1, -0.05) is 17.7 Å². The van der Waals surface area contributed by atoms with Gasteiger partial charge in [0.1, 0.15) is 5.75 Å². The van der Waals surface area contributed by atoms with Gasteiger partial charge < -0.3 is 9.84 Å². The van der Waals surface area contributed by atoms with Crippen LogP contribution in [0, 0.1) is 6.92 Å². The molecule has 4 heteroatoms. The number of rotatable bonds is 3. The molecule has 1 aromatic carbocycles. The van der Waals surface area contributed by atoms with E-state index in [2.05, 4.69) is 4.98 Å². The number of aliphatic hydroxyl groups is 1. The minimum Gasteiger partial charge on any atom is -0.437 e. The zero-order valence-corrected chi connectivity index (χ0v) is 11.0. The molecule has 3 nitrogen and oxygen atoms in total. The van der Waals surface area contributed by atoms with Crippen molar-refractivity contribution in [3.8, 4) is 11.6 Å². The van der Waals surface area contributed by atoms with E-state index in [0.717, 1.165) is 5.56 Å². The van der Waals surface area contributed by atoms with Crippen molar-refractivity contribution < 1.29 is 9.84 Å². The second kappa shape index (κ2) is 5.38. The van der Waals surface area contributed by atoms with Crippen LogP contribution >= 0.6 is 11.6 Å². The van der Waals surface area contributed by atoms with Gasteiger partial charge in [0.25, 0.3) is 0 Å². The molecule has 0 aliphatic heterocycles. The number of ether oxygens (including phenoxy) is 1. The fourth-order valence-electron chi connectivity index (χ4n) is 1.60. The highest BCUT2D eigenvalue weighted by Crippen LogP contribution is 2.32. The largest absolute Gasteiger partial charge is 0.437 e. The fourth-order valence-corrected chi connectivity index (χ4v) is 1.76. The van der Waals surface area contributed by atoms with Crippen LogP contribution in [-0.4, -0.2) is 10.1 Å². The van der Waals surface area contributed by atoms with Crippen molar-refractivity contribution in [3.05, 3.63) is 52.7 Å². The Morgan fingerprint density at radius 2 is 2.11 bits per heavy atom. The number of nitrogens with zero attached hydrogens (tertiary/aromatic N) is 1. The Balaban J connectivity index is 2.37. The van der Waals surface area contributed by atoms with Gasteiger partial charge in [-0.3, -0.25) is 0 Å². The fraction of sp³-hybridized carbons (Fsp3) is 0.214. The smallest absolute Gasteiger partial charge is 0.225 e. The molecule has 0 spiro atoms. The van der Waals surface area contributed by atoms with E-state index in [0.29, 0.717) is 22.2 Å². The number of hydrogen-bond donors (Lipinski definition) is 1. The van der Waals surface area contributed by atoms with E-state index in [1.807, 2.05) is 19.1 Å². The highest BCUT2D eigenvalue weighted by Gasteiger charge is 2.12. The first-order valence-electron chi connectivity index (χ1n) is 5.65. The molecule has 0 unspecified atom stereocenters. The minimum absolute atomic E-state index is 0.375. The SMILES string of the molecule is Cc1ccc(Cl)c(Oc2ncccc2[C@@H](C)O)c1. The lowest BCUT2D eigenvalue weighted by Crippen LogP contribution is -1.98. The molecule has 2 aromatic rings. The van der Waals surface area contributed by atoms with E-state index < -0.39 is 6.10 Å². The van der Waals surface area contributed by atoms with Gasteiger partial charge in [0.05, 0.1) is 11.1 Å². The molecule has 1 heterocycles. The quantitative estimate of drug-likeness (QED) is 0.914. The van der Waals surface area contributed by atoms with Crippen molar-refractivity contribution in [2.75, 3.05) is 0 Å². The van der Waals surface area contributed by atoms with E-state index in [1.165, 1.54) is 0 Å². The summed E-state index contributed by atoms with van der Waals surface area (Å²) in [7, 11) is 0. The molecule has 94 valence electrons. The monoisotopic (exact) mass is 263 g/mol. The summed E-state index contributed by atoms with van der Waals surface area (Å²) in [6.07, 6.45) is 0.975. The maximum atomic E-state index is 9.65. The maximum absolute atomic E-state index is 9.65. The molecule has 0 saturated heterocycles. The zero-order valence-electron chi connectivity index (χ0n) is 10.2. The van der Waals surface area contributed by atoms with Gasteiger partial charge in [0.15, 0.2) is 0 Å². The van der Waals surface area contributed by atoms with Crippen LogP contribution in [0.15, 0.2) is 36.5 Å². The molecule has 1 N–H and O–H groups in total. The molecule has 0 radical (unpaired) electrons. The van der Waals surface area contributed by atoms with Crippen LogP contribution < -0.4 is 4.74 Å². The molecule has 1 atom stereocenters. The summed E-state index contributed by atoms with van der Waals surface area (Å²) < 4.78 is 5.68. The second-order valence-corrected chi connectivity index (χ2v) is 4.52. The van der Waals surface area contributed by atoms with Crippen LogP contribution in [0.3, 0.4) is 0 Å². The summed E-state index contributed by atoms with van der Waals surface area (Å²) >= 11 is 6.06. The number of benzene rings is 1. The molecule has 0 amide bonds. The van der Waals surface area contributed by atoms with Crippen molar-refractivity contribution in [2.45, 2.75) is 20.0 Å². The number of aryl methyl sites for hydroxylation is 1. The van der Waals surface area contributed by atoms with E-state index >= 15 is 0 Å². The highest BCUT2D eigenvalue weighted by molar-refractivity contribution is 6.32. The van der Waals surface area contributed by atoms with Gasteiger partial charge in [-0.2, -0.15) is 0 Å². The van der Waals surface area contributed by atoms with Gasteiger partial charge >= 0.3 is 0 Å². The average Bonchev–Trinajstić information content (AvgIpc) is 2.34. The van der Waals surface area contributed by atoms with Crippen molar-refractivity contribution in [3.63, 3.8) is 0 Å². The van der Waals surface area contributed by atoms with Gasteiger partial charge in [-0.05, 0) is 43.7 Å². The summed E-state index contributed by atoms with van der Waals surface area (Å²) in [5, 5.41) is 10.2. The molecular formula is C14H14ClNO2. The maximum Gasteiger partial charge on any atom is 0.225 e. The predicted octanol–water partition coefficient (Wildman–Crippen LogP) is 3.89. The normalized spacial score (nSPS) is 12.2.